The van der Waals surface area contributed by atoms with Crippen LogP contribution in [0.3, 0.4) is 0 Å². The molecule has 1 aromatic carbocycles. The Morgan fingerprint density at radius 2 is 2.15 bits per heavy atom. The first-order chi connectivity index (χ1) is 9.65. The van der Waals surface area contributed by atoms with E-state index in [1.807, 2.05) is 18.2 Å². The van der Waals surface area contributed by atoms with Gasteiger partial charge in [0.25, 0.3) is 0 Å². The van der Waals surface area contributed by atoms with Crippen LogP contribution in [0.1, 0.15) is 30.7 Å². The van der Waals surface area contributed by atoms with E-state index < -0.39 is 0 Å². The minimum absolute atomic E-state index is 0.179. The van der Waals surface area contributed by atoms with Crippen molar-refractivity contribution in [2.75, 3.05) is 13.7 Å². The van der Waals surface area contributed by atoms with E-state index in [2.05, 4.69) is 28.2 Å². The third-order valence-electron chi connectivity index (χ3n) is 2.99. The smallest absolute Gasteiger partial charge is 0.169 e. The molecule has 0 spiro atoms. The van der Waals surface area contributed by atoms with E-state index in [9.17, 15) is 4.39 Å². The molecular formula is C15H17BrFNO2. The zero-order chi connectivity index (χ0) is 14.5. The average Bonchev–Trinajstić information content (AvgIpc) is 2.86. The van der Waals surface area contributed by atoms with Crippen LogP contribution < -0.4 is 10.1 Å². The van der Waals surface area contributed by atoms with Crippen molar-refractivity contribution in [2.45, 2.75) is 19.4 Å². The van der Waals surface area contributed by atoms with Crippen molar-refractivity contribution in [3.8, 4) is 5.75 Å². The van der Waals surface area contributed by atoms with Gasteiger partial charge in [0.05, 0.1) is 13.2 Å². The zero-order valence-electron chi connectivity index (χ0n) is 11.5. The first kappa shape index (κ1) is 15.1. The second-order valence-corrected chi connectivity index (χ2v) is 5.20. The van der Waals surface area contributed by atoms with Gasteiger partial charge in [-0.2, -0.15) is 0 Å². The molecule has 1 heterocycles. The highest BCUT2D eigenvalue weighted by Crippen LogP contribution is 2.28. The molecular weight excluding hydrogens is 325 g/mol. The van der Waals surface area contributed by atoms with Crippen molar-refractivity contribution < 1.29 is 13.5 Å². The third kappa shape index (κ3) is 3.41. The summed E-state index contributed by atoms with van der Waals surface area (Å²) >= 11 is 3.29. The maximum Gasteiger partial charge on any atom is 0.169 e. The van der Waals surface area contributed by atoms with Crippen molar-refractivity contribution in [3.05, 3.63) is 52.1 Å². The number of halogens is 2. The van der Waals surface area contributed by atoms with Crippen LogP contribution >= 0.6 is 15.9 Å². The van der Waals surface area contributed by atoms with Gasteiger partial charge in [0.15, 0.2) is 16.2 Å². The molecule has 5 heteroatoms. The molecule has 1 atom stereocenters. The lowest BCUT2D eigenvalue weighted by Gasteiger charge is -2.17. The number of ether oxygens (including phenoxy) is 1. The normalized spacial score (nSPS) is 12.4. The van der Waals surface area contributed by atoms with E-state index in [0.717, 1.165) is 24.3 Å². The summed E-state index contributed by atoms with van der Waals surface area (Å²) in [4.78, 5) is 0. The van der Waals surface area contributed by atoms with Gasteiger partial charge in [0, 0.05) is 0 Å². The van der Waals surface area contributed by atoms with Crippen molar-refractivity contribution in [2.24, 2.45) is 0 Å². The van der Waals surface area contributed by atoms with Crippen molar-refractivity contribution in [1.82, 2.24) is 5.32 Å². The monoisotopic (exact) mass is 341 g/mol. The van der Waals surface area contributed by atoms with Crippen molar-refractivity contribution >= 4 is 15.9 Å². The molecule has 1 unspecified atom stereocenters. The number of benzene rings is 1. The zero-order valence-corrected chi connectivity index (χ0v) is 13.0. The van der Waals surface area contributed by atoms with Crippen LogP contribution in [0.5, 0.6) is 5.75 Å². The molecule has 0 fully saturated rings. The molecule has 0 saturated carbocycles. The van der Waals surface area contributed by atoms with Gasteiger partial charge in [-0.05, 0) is 58.7 Å². The summed E-state index contributed by atoms with van der Waals surface area (Å²) < 4.78 is 25.1. The Morgan fingerprint density at radius 3 is 2.70 bits per heavy atom. The summed E-state index contributed by atoms with van der Waals surface area (Å²) in [6, 6.07) is 8.47. The predicted octanol–water partition coefficient (Wildman–Crippen LogP) is 4.28. The predicted molar refractivity (Wildman–Crippen MR) is 79.5 cm³/mol. The lowest BCUT2D eigenvalue weighted by molar-refractivity contribution is 0.384. The van der Waals surface area contributed by atoms with Crippen molar-refractivity contribution in [1.29, 1.82) is 0 Å². The summed E-state index contributed by atoms with van der Waals surface area (Å²) in [6.07, 6.45) is 0.983. The Balaban J connectivity index is 2.33. The van der Waals surface area contributed by atoms with Gasteiger partial charge in [-0.15, -0.1) is 0 Å². The highest BCUT2D eigenvalue weighted by molar-refractivity contribution is 9.10. The Labute approximate surface area is 126 Å². The molecule has 0 aliphatic heterocycles. The first-order valence-electron chi connectivity index (χ1n) is 6.47. The lowest BCUT2D eigenvalue weighted by Crippen LogP contribution is -2.22. The Bertz CT molecular complexity index is 571. The van der Waals surface area contributed by atoms with E-state index in [4.69, 9.17) is 9.15 Å². The summed E-state index contributed by atoms with van der Waals surface area (Å²) in [7, 11) is 1.45. The van der Waals surface area contributed by atoms with Crippen molar-refractivity contribution in [3.63, 3.8) is 0 Å². The summed E-state index contributed by atoms with van der Waals surface area (Å²) in [5.74, 6) is 0.609. The average molecular weight is 342 g/mol. The fourth-order valence-corrected chi connectivity index (χ4v) is 2.34. The fourth-order valence-electron chi connectivity index (χ4n) is 2.02. The van der Waals surface area contributed by atoms with Gasteiger partial charge in [-0.25, -0.2) is 4.39 Å². The summed E-state index contributed by atoms with van der Waals surface area (Å²) in [6.45, 7) is 2.90. The van der Waals surface area contributed by atoms with Gasteiger partial charge < -0.3 is 14.5 Å². The number of hydrogen-bond acceptors (Lipinski definition) is 3. The van der Waals surface area contributed by atoms with Crippen LogP contribution in [0.25, 0.3) is 0 Å². The van der Waals surface area contributed by atoms with Gasteiger partial charge in [-0.3, -0.25) is 0 Å². The highest BCUT2D eigenvalue weighted by atomic mass is 79.9. The molecule has 3 nitrogen and oxygen atoms in total. The molecule has 0 amide bonds. The summed E-state index contributed by atoms with van der Waals surface area (Å²) in [5.41, 5.74) is 0.804. The molecule has 2 rings (SSSR count). The molecule has 20 heavy (non-hydrogen) atoms. The fraction of sp³-hybridized carbons (Fsp3) is 0.333. The Hall–Kier alpha value is -1.33. The largest absolute Gasteiger partial charge is 0.494 e. The number of rotatable bonds is 6. The molecule has 2 aromatic rings. The highest BCUT2D eigenvalue weighted by Gasteiger charge is 2.18. The van der Waals surface area contributed by atoms with Crippen LogP contribution in [-0.2, 0) is 0 Å². The van der Waals surface area contributed by atoms with Gasteiger partial charge in [-0.1, -0.05) is 13.0 Å². The van der Waals surface area contributed by atoms with Gasteiger partial charge in [0.2, 0.25) is 0 Å². The molecule has 108 valence electrons. The minimum atomic E-state index is -0.376. The van der Waals surface area contributed by atoms with Gasteiger partial charge >= 0.3 is 0 Å². The van der Waals surface area contributed by atoms with E-state index in [1.54, 1.807) is 6.07 Å². The Morgan fingerprint density at radius 1 is 1.35 bits per heavy atom. The second-order valence-electron chi connectivity index (χ2n) is 4.42. The van der Waals surface area contributed by atoms with E-state index >= 15 is 0 Å². The SMILES string of the molecule is CCCNC(c1ccc(OC)c(F)c1)c1ccc(Br)o1. The van der Waals surface area contributed by atoms with Crippen LogP contribution in [0.2, 0.25) is 0 Å². The van der Waals surface area contributed by atoms with Gasteiger partial charge in [0.1, 0.15) is 5.76 Å². The van der Waals surface area contributed by atoms with E-state index in [1.165, 1.54) is 13.2 Å². The molecule has 0 aliphatic rings. The Kier molecular flexibility index (Phi) is 5.20. The van der Waals surface area contributed by atoms with Crippen LogP contribution in [-0.4, -0.2) is 13.7 Å². The molecule has 1 N–H and O–H groups in total. The summed E-state index contributed by atoms with van der Waals surface area (Å²) in [5, 5.41) is 3.36. The maximum absolute atomic E-state index is 13.9. The van der Waals surface area contributed by atoms with Crippen LogP contribution in [0.15, 0.2) is 39.4 Å². The topological polar surface area (TPSA) is 34.4 Å². The first-order valence-corrected chi connectivity index (χ1v) is 7.27. The second kappa shape index (κ2) is 6.90. The number of hydrogen-bond donors (Lipinski definition) is 1. The molecule has 0 radical (unpaired) electrons. The molecule has 0 bridgehead atoms. The van der Waals surface area contributed by atoms with Crippen LogP contribution in [0, 0.1) is 5.82 Å². The number of nitrogens with one attached hydrogen (secondary N) is 1. The quantitative estimate of drug-likeness (QED) is 0.851. The standard InChI is InChI=1S/C15H17BrFNO2/c1-3-8-18-15(13-6-7-14(16)20-13)10-4-5-12(19-2)11(17)9-10/h4-7,9,15,18H,3,8H2,1-2H3. The maximum atomic E-state index is 13.9. The molecule has 0 aliphatic carbocycles. The number of methoxy groups -OCH3 is 1. The molecule has 1 aromatic heterocycles. The third-order valence-corrected chi connectivity index (χ3v) is 3.41. The van der Waals surface area contributed by atoms with E-state index in [0.29, 0.717) is 4.67 Å². The molecule has 0 saturated heterocycles. The minimum Gasteiger partial charge on any atom is -0.494 e. The number of furan rings is 1. The van der Waals surface area contributed by atoms with Crippen LogP contribution in [0.4, 0.5) is 4.39 Å². The van der Waals surface area contributed by atoms with E-state index in [-0.39, 0.29) is 17.6 Å². The lowest BCUT2D eigenvalue weighted by atomic mass is 10.0.